The van der Waals surface area contributed by atoms with Crippen LogP contribution in [0.1, 0.15) is 20.8 Å². The molecule has 0 saturated carbocycles. The van der Waals surface area contributed by atoms with Gasteiger partial charge >= 0.3 is 0 Å². The summed E-state index contributed by atoms with van der Waals surface area (Å²) in [5.41, 5.74) is 2.48. The van der Waals surface area contributed by atoms with Gasteiger partial charge in [-0.25, -0.2) is 12.8 Å². The van der Waals surface area contributed by atoms with Crippen molar-refractivity contribution in [1.82, 2.24) is 0 Å². The molecule has 2 heterocycles. The molecule has 0 aliphatic carbocycles. The van der Waals surface area contributed by atoms with Crippen molar-refractivity contribution in [1.29, 1.82) is 0 Å². The van der Waals surface area contributed by atoms with Crippen molar-refractivity contribution in [2.45, 2.75) is 13.5 Å². The normalized spacial score (nSPS) is 16.7. The molecular weight excluding hydrogens is 411 g/mol. The Morgan fingerprint density at radius 1 is 1.14 bits per heavy atom. The zero-order valence-electron chi connectivity index (χ0n) is 15.4. The van der Waals surface area contributed by atoms with Gasteiger partial charge in [-0.3, -0.25) is 9.10 Å². The SMILES string of the molecule is Cc1cccc(N/C=C2/C(=O)c3sccc3N(Cc3cccc(F)c3)S2(=O)=O)c1. The van der Waals surface area contributed by atoms with Crippen molar-refractivity contribution < 1.29 is 17.6 Å². The van der Waals surface area contributed by atoms with Crippen LogP contribution < -0.4 is 9.62 Å². The molecule has 0 amide bonds. The Hall–Kier alpha value is -2.97. The van der Waals surface area contributed by atoms with Gasteiger partial charge in [0, 0.05) is 11.9 Å². The molecule has 3 aromatic rings. The molecule has 148 valence electrons. The van der Waals surface area contributed by atoms with Crippen LogP contribution in [0.15, 0.2) is 71.1 Å². The number of sulfonamides is 1. The molecule has 8 heteroatoms. The molecular formula is C21H17FN2O3S2. The highest BCUT2D eigenvalue weighted by Gasteiger charge is 2.41. The van der Waals surface area contributed by atoms with Gasteiger partial charge < -0.3 is 5.32 Å². The molecule has 1 aliphatic rings. The van der Waals surface area contributed by atoms with Crippen molar-refractivity contribution in [3.05, 3.63) is 92.9 Å². The first-order valence-electron chi connectivity index (χ1n) is 8.79. The first kappa shape index (κ1) is 19.4. The van der Waals surface area contributed by atoms with Crippen molar-refractivity contribution in [3.63, 3.8) is 0 Å². The van der Waals surface area contributed by atoms with Crippen molar-refractivity contribution in [2.24, 2.45) is 0 Å². The van der Waals surface area contributed by atoms with E-state index < -0.39 is 21.6 Å². The van der Waals surface area contributed by atoms with E-state index in [1.165, 1.54) is 35.7 Å². The molecule has 2 aromatic carbocycles. The predicted octanol–water partition coefficient (Wildman–Crippen LogP) is 4.68. The summed E-state index contributed by atoms with van der Waals surface area (Å²) in [5, 5.41) is 4.59. The second-order valence-corrected chi connectivity index (χ2v) is 9.37. The van der Waals surface area contributed by atoms with Crippen LogP contribution in [-0.4, -0.2) is 14.2 Å². The van der Waals surface area contributed by atoms with Crippen molar-refractivity contribution >= 4 is 38.5 Å². The molecule has 0 fully saturated rings. The van der Waals surface area contributed by atoms with Gasteiger partial charge in [0.25, 0.3) is 10.0 Å². The topological polar surface area (TPSA) is 66.5 Å². The predicted molar refractivity (Wildman–Crippen MR) is 113 cm³/mol. The molecule has 0 spiro atoms. The number of aryl methyl sites for hydroxylation is 1. The van der Waals surface area contributed by atoms with Crippen LogP contribution in [0.5, 0.6) is 0 Å². The summed E-state index contributed by atoms with van der Waals surface area (Å²) in [6.07, 6.45) is 1.23. The van der Waals surface area contributed by atoms with Crippen LogP contribution in [-0.2, 0) is 16.6 Å². The number of carbonyl (C=O) groups excluding carboxylic acids is 1. The summed E-state index contributed by atoms with van der Waals surface area (Å²) in [5.74, 6) is -0.999. The minimum absolute atomic E-state index is 0.0705. The summed E-state index contributed by atoms with van der Waals surface area (Å²) < 4.78 is 41.3. The molecule has 29 heavy (non-hydrogen) atoms. The van der Waals surface area contributed by atoms with Gasteiger partial charge in [0.15, 0.2) is 4.91 Å². The van der Waals surface area contributed by atoms with Crippen LogP contribution in [0.4, 0.5) is 15.8 Å². The van der Waals surface area contributed by atoms with Gasteiger partial charge in [-0.1, -0.05) is 24.3 Å². The lowest BCUT2D eigenvalue weighted by Crippen LogP contribution is -2.38. The zero-order valence-corrected chi connectivity index (χ0v) is 17.1. The largest absolute Gasteiger partial charge is 0.360 e. The molecule has 0 unspecified atom stereocenters. The van der Waals surface area contributed by atoms with Crippen LogP contribution in [0.25, 0.3) is 0 Å². The highest BCUT2D eigenvalue weighted by molar-refractivity contribution is 7.97. The number of ketones is 1. The van der Waals surface area contributed by atoms with Gasteiger partial charge in [0.2, 0.25) is 5.78 Å². The van der Waals surface area contributed by atoms with E-state index in [4.69, 9.17) is 0 Å². The Kier molecular flexibility index (Phi) is 4.97. The average molecular weight is 429 g/mol. The fraction of sp³-hybridized carbons (Fsp3) is 0.0952. The number of hydrogen-bond acceptors (Lipinski definition) is 5. The lowest BCUT2D eigenvalue weighted by molar-refractivity contribution is 0.104. The number of hydrogen-bond donors (Lipinski definition) is 1. The van der Waals surface area contributed by atoms with E-state index >= 15 is 0 Å². The number of fused-ring (bicyclic) bond motifs is 1. The molecule has 0 saturated heterocycles. The lowest BCUT2D eigenvalue weighted by Gasteiger charge is -2.29. The number of anilines is 2. The number of allylic oxidation sites excluding steroid dienone is 1. The zero-order chi connectivity index (χ0) is 20.6. The highest BCUT2D eigenvalue weighted by atomic mass is 32.2. The molecule has 4 rings (SSSR count). The van der Waals surface area contributed by atoms with Gasteiger partial charge in [0.05, 0.1) is 12.2 Å². The molecule has 0 radical (unpaired) electrons. The maximum atomic E-state index is 13.6. The maximum absolute atomic E-state index is 13.6. The van der Waals surface area contributed by atoms with Crippen LogP contribution in [0, 0.1) is 12.7 Å². The van der Waals surface area contributed by atoms with E-state index in [0.717, 1.165) is 9.87 Å². The Balaban J connectivity index is 1.75. The standard InChI is InChI=1S/C21H17FN2O3S2/c1-14-4-2-7-17(10-14)23-12-19-20(25)21-18(8-9-28-21)24(29(19,26)27)13-15-5-3-6-16(22)11-15/h2-12,23H,13H2,1H3/b19-12-. The first-order chi connectivity index (χ1) is 13.9. The van der Waals surface area contributed by atoms with Crippen LogP contribution in [0.2, 0.25) is 0 Å². The monoisotopic (exact) mass is 428 g/mol. The molecule has 1 aromatic heterocycles. The molecule has 0 bridgehead atoms. The summed E-state index contributed by atoms with van der Waals surface area (Å²) in [6, 6.07) is 14.7. The lowest BCUT2D eigenvalue weighted by atomic mass is 10.2. The van der Waals surface area contributed by atoms with E-state index in [2.05, 4.69) is 5.32 Å². The quantitative estimate of drug-likeness (QED) is 0.613. The van der Waals surface area contributed by atoms with Crippen molar-refractivity contribution in [2.75, 3.05) is 9.62 Å². The van der Waals surface area contributed by atoms with E-state index in [9.17, 15) is 17.6 Å². The minimum atomic E-state index is -4.12. The summed E-state index contributed by atoms with van der Waals surface area (Å²) >= 11 is 1.18. The summed E-state index contributed by atoms with van der Waals surface area (Å²) in [7, 11) is -4.12. The summed E-state index contributed by atoms with van der Waals surface area (Å²) in [4.78, 5) is 12.9. The molecule has 1 aliphatic heterocycles. The Morgan fingerprint density at radius 3 is 2.69 bits per heavy atom. The third-order valence-corrected chi connectivity index (χ3v) is 7.18. The van der Waals surface area contributed by atoms with Crippen LogP contribution in [0.3, 0.4) is 0 Å². The second-order valence-electron chi connectivity index (χ2n) is 6.63. The molecule has 1 N–H and O–H groups in total. The number of nitrogens with one attached hydrogen (secondary N) is 1. The fourth-order valence-electron chi connectivity index (χ4n) is 3.14. The van der Waals surface area contributed by atoms with Gasteiger partial charge in [0.1, 0.15) is 10.7 Å². The third-order valence-electron chi connectivity index (χ3n) is 4.51. The third kappa shape index (κ3) is 3.68. The number of Topliss-reactive ketones (excluding diaryl/α,β-unsaturated/α-hetero) is 1. The Labute approximate surface area is 172 Å². The van der Waals surface area contributed by atoms with Crippen molar-refractivity contribution in [3.8, 4) is 0 Å². The molecule has 5 nitrogen and oxygen atoms in total. The van der Waals surface area contributed by atoms with E-state index in [-0.39, 0.29) is 11.4 Å². The Morgan fingerprint density at radius 2 is 1.93 bits per heavy atom. The van der Waals surface area contributed by atoms with Gasteiger partial charge in [-0.2, -0.15) is 0 Å². The van der Waals surface area contributed by atoms with Gasteiger partial charge in [-0.05, 0) is 53.8 Å². The number of carbonyl (C=O) groups is 1. The highest BCUT2D eigenvalue weighted by Crippen LogP contribution is 2.39. The number of thiophene rings is 1. The van der Waals surface area contributed by atoms with E-state index in [1.54, 1.807) is 23.6 Å². The van der Waals surface area contributed by atoms with Gasteiger partial charge in [-0.15, -0.1) is 11.3 Å². The Bertz CT molecular complexity index is 1230. The van der Waals surface area contributed by atoms with E-state index in [0.29, 0.717) is 21.8 Å². The average Bonchev–Trinajstić information content (AvgIpc) is 3.15. The van der Waals surface area contributed by atoms with E-state index in [1.807, 2.05) is 25.1 Å². The van der Waals surface area contributed by atoms with Crippen LogP contribution >= 0.6 is 11.3 Å². The minimum Gasteiger partial charge on any atom is -0.360 e. The molecule has 0 atom stereocenters. The second kappa shape index (κ2) is 7.46. The fourth-order valence-corrected chi connectivity index (χ4v) is 5.62. The smallest absolute Gasteiger partial charge is 0.270 e. The number of rotatable bonds is 4. The first-order valence-corrected chi connectivity index (χ1v) is 11.1. The number of nitrogens with zero attached hydrogens (tertiary/aromatic N) is 1. The maximum Gasteiger partial charge on any atom is 0.270 e. The number of halogens is 1. The summed E-state index contributed by atoms with van der Waals surface area (Å²) in [6.45, 7) is 1.85. The number of benzene rings is 2.